The summed E-state index contributed by atoms with van der Waals surface area (Å²) in [5.41, 5.74) is 4.12. The molecule has 7 nitrogen and oxygen atoms in total. The summed E-state index contributed by atoms with van der Waals surface area (Å²) in [6.07, 6.45) is 5.29. The number of nitrogens with zero attached hydrogens (tertiary/aromatic N) is 2. The van der Waals surface area contributed by atoms with Gasteiger partial charge >= 0.3 is 5.97 Å². The van der Waals surface area contributed by atoms with Crippen molar-refractivity contribution >= 4 is 35.0 Å². The molecule has 2 heterocycles. The third-order valence-corrected chi connectivity index (χ3v) is 7.38. The molecule has 3 aromatic rings. The predicted octanol–water partition coefficient (Wildman–Crippen LogP) is 5.68. The Morgan fingerprint density at radius 2 is 2.03 bits per heavy atom. The van der Waals surface area contributed by atoms with Crippen molar-refractivity contribution in [3.05, 3.63) is 68.9 Å². The first-order valence-corrected chi connectivity index (χ1v) is 12.4. The van der Waals surface area contributed by atoms with E-state index in [-0.39, 0.29) is 5.57 Å². The quantitative estimate of drug-likeness (QED) is 0.328. The first kappa shape index (κ1) is 24.3. The number of carbonyl (C=O) groups is 2. The number of carbonyl (C=O) groups excluding carboxylic acids is 1. The maximum atomic E-state index is 12.8. The van der Waals surface area contributed by atoms with Crippen LogP contribution in [0.2, 0.25) is 0 Å². The van der Waals surface area contributed by atoms with E-state index >= 15 is 0 Å². The number of aromatic nitrogens is 1. The van der Waals surface area contributed by atoms with Gasteiger partial charge in [-0.3, -0.25) is 4.79 Å². The second kappa shape index (κ2) is 10.2. The number of carboxylic acid groups (broad SMARTS) is 1. The minimum absolute atomic E-state index is 0.0454. The topological polar surface area (TPSA) is 104 Å². The van der Waals surface area contributed by atoms with Crippen LogP contribution < -0.4 is 10.1 Å². The largest absolute Gasteiger partial charge is 0.494 e. The highest BCUT2D eigenvalue weighted by molar-refractivity contribution is 7.15. The monoisotopic (exact) mass is 489 g/mol. The third-order valence-electron chi connectivity index (χ3n) is 6.11. The van der Waals surface area contributed by atoms with Crippen molar-refractivity contribution in [2.75, 3.05) is 11.9 Å². The van der Waals surface area contributed by atoms with Crippen LogP contribution >= 0.6 is 11.3 Å². The van der Waals surface area contributed by atoms with Gasteiger partial charge in [-0.25, -0.2) is 4.79 Å². The first-order valence-electron chi connectivity index (χ1n) is 11.6. The molecule has 1 aliphatic carbocycles. The molecule has 35 heavy (non-hydrogen) atoms. The summed E-state index contributed by atoms with van der Waals surface area (Å²) in [6, 6.07) is 10.9. The van der Waals surface area contributed by atoms with Crippen molar-refractivity contribution in [2.24, 2.45) is 0 Å². The van der Waals surface area contributed by atoms with E-state index in [9.17, 15) is 20.0 Å². The molecule has 0 saturated carbocycles. The van der Waals surface area contributed by atoms with Gasteiger partial charge in [-0.15, -0.1) is 11.3 Å². The number of thiophene rings is 1. The molecule has 0 spiro atoms. The van der Waals surface area contributed by atoms with E-state index in [0.717, 1.165) is 47.5 Å². The Kier molecular flexibility index (Phi) is 7.08. The Morgan fingerprint density at radius 3 is 2.74 bits per heavy atom. The lowest BCUT2D eigenvalue weighted by molar-refractivity contribution is -0.112. The lowest BCUT2D eigenvalue weighted by atomic mass is 9.95. The highest BCUT2D eigenvalue weighted by Crippen LogP contribution is 2.39. The van der Waals surface area contributed by atoms with E-state index in [0.29, 0.717) is 34.2 Å². The minimum Gasteiger partial charge on any atom is -0.494 e. The van der Waals surface area contributed by atoms with Gasteiger partial charge in [0, 0.05) is 28.0 Å². The molecule has 0 atom stereocenters. The molecule has 2 N–H and O–H groups in total. The number of carboxylic acids is 1. The minimum atomic E-state index is -0.921. The van der Waals surface area contributed by atoms with Gasteiger partial charge in [-0.2, -0.15) is 5.26 Å². The fourth-order valence-electron chi connectivity index (χ4n) is 4.51. The number of aromatic carboxylic acids is 1. The number of aryl methyl sites for hydroxylation is 2. The molecule has 1 amide bonds. The number of benzene rings is 1. The average Bonchev–Trinajstić information content (AvgIpc) is 3.33. The van der Waals surface area contributed by atoms with E-state index in [1.54, 1.807) is 30.3 Å². The Hall–Kier alpha value is -3.83. The van der Waals surface area contributed by atoms with Crippen LogP contribution in [-0.4, -0.2) is 28.2 Å². The van der Waals surface area contributed by atoms with Gasteiger partial charge in [-0.1, -0.05) is 6.07 Å². The van der Waals surface area contributed by atoms with Gasteiger partial charge in [0.15, 0.2) is 0 Å². The van der Waals surface area contributed by atoms with Crippen LogP contribution in [0.5, 0.6) is 5.75 Å². The third kappa shape index (κ3) is 4.86. The Balaban J connectivity index is 1.68. The van der Waals surface area contributed by atoms with Gasteiger partial charge in [0.1, 0.15) is 22.4 Å². The molecule has 1 aromatic carbocycles. The number of hydrogen-bond donors (Lipinski definition) is 2. The summed E-state index contributed by atoms with van der Waals surface area (Å²) in [6.45, 7) is 6.16. The molecule has 1 aliphatic rings. The Labute approximate surface area is 208 Å². The van der Waals surface area contributed by atoms with E-state index in [2.05, 4.69) is 5.32 Å². The first-order chi connectivity index (χ1) is 16.8. The number of rotatable bonds is 7. The number of hydrogen-bond acceptors (Lipinski definition) is 5. The highest BCUT2D eigenvalue weighted by Gasteiger charge is 2.27. The normalized spacial score (nSPS) is 13.1. The molecule has 2 aromatic heterocycles. The van der Waals surface area contributed by atoms with Crippen molar-refractivity contribution in [3.63, 3.8) is 0 Å². The molecule has 0 radical (unpaired) electrons. The smallest absolute Gasteiger partial charge is 0.339 e. The number of ether oxygens (including phenoxy) is 1. The second-order valence-electron chi connectivity index (χ2n) is 8.44. The molecular weight excluding hydrogens is 462 g/mol. The zero-order valence-electron chi connectivity index (χ0n) is 20.0. The summed E-state index contributed by atoms with van der Waals surface area (Å²) in [7, 11) is 0. The molecule has 0 aliphatic heterocycles. The number of anilines is 1. The van der Waals surface area contributed by atoms with Gasteiger partial charge in [0.2, 0.25) is 0 Å². The Morgan fingerprint density at radius 1 is 1.26 bits per heavy atom. The second-order valence-corrected chi connectivity index (χ2v) is 9.53. The van der Waals surface area contributed by atoms with E-state index < -0.39 is 11.9 Å². The van der Waals surface area contributed by atoms with Crippen LogP contribution in [0.4, 0.5) is 5.69 Å². The lowest BCUT2D eigenvalue weighted by Gasteiger charge is -2.11. The van der Waals surface area contributed by atoms with Crippen LogP contribution in [0.3, 0.4) is 0 Å². The summed E-state index contributed by atoms with van der Waals surface area (Å²) in [4.78, 5) is 26.2. The summed E-state index contributed by atoms with van der Waals surface area (Å²) in [5.74, 6) is -0.816. The van der Waals surface area contributed by atoms with Crippen LogP contribution in [0.15, 0.2) is 35.9 Å². The van der Waals surface area contributed by atoms with E-state index in [4.69, 9.17) is 4.74 Å². The van der Waals surface area contributed by atoms with Crippen molar-refractivity contribution in [2.45, 2.75) is 46.5 Å². The Bertz CT molecular complexity index is 1370. The van der Waals surface area contributed by atoms with Gasteiger partial charge in [-0.05, 0) is 81.9 Å². The van der Waals surface area contributed by atoms with Crippen molar-refractivity contribution in [3.8, 4) is 16.8 Å². The van der Waals surface area contributed by atoms with Gasteiger partial charge < -0.3 is 19.7 Å². The fourth-order valence-corrected chi connectivity index (χ4v) is 6.00. The van der Waals surface area contributed by atoms with Crippen molar-refractivity contribution in [1.29, 1.82) is 5.26 Å². The number of amides is 1. The zero-order valence-corrected chi connectivity index (χ0v) is 20.8. The number of fused-ring (bicyclic) bond motifs is 1. The zero-order chi connectivity index (χ0) is 25.1. The predicted molar refractivity (Wildman–Crippen MR) is 137 cm³/mol. The van der Waals surface area contributed by atoms with Crippen LogP contribution in [0.1, 0.15) is 57.5 Å². The standard InChI is InChI=1S/C27H27N3O4S/c1-4-34-21-9-7-8-20(14-21)29-25(31)19(15-28)13-18-12-16(2)30(17(18)3)26-24(27(32)33)22-10-5-6-11-23(22)35-26/h7-9,12-14H,4-6,10-11H2,1-3H3,(H,29,31)(H,32,33). The summed E-state index contributed by atoms with van der Waals surface area (Å²) < 4.78 is 7.39. The van der Waals surface area contributed by atoms with Crippen LogP contribution in [0.25, 0.3) is 11.1 Å². The maximum absolute atomic E-state index is 12.8. The average molecular weight is 490 g/mol. The molecular formula is C27H27N3O4S. The summed E-state index contributed by atoms with van der Waals surface area (Å²) >= 11 is 1.53. The molecule has 0 unspecified atom stereocenters. The molecule has 0 fully saturated rings. The fraction of sp³-hybridized carbons (Fsp3) is 0.296. The summed E-state index contributed by atoms with van der Waals surface area (Å²) in [5, 5.41) is 23.1. The maximum Gasteiger partial charge on any atom is 0.339 e. The van der Waals surface area contributed by atoms with Crippen LogP contribution in [0, 0.1) is 25.2 Å². The molecule has 180 valence electrons. The SMILES string of the molecule is CCOc1cccc(NC(=O)C(C#N)=Cc2cc(C)n(-c3sc4c(c3C(=O)O)CCCC4)c2C)c1. The highest BCUT2D eigenvalue weighted by atomic mass is 32.1. The lowest BCUT2D eigenvalue weighted by Crippen LogP contribution is -2.13. The number of nitriles is 1. The van der Waals surface area contributed by atoms with Gasteiger partial charge in [0.25, 0.3) is 5.91 Å². The molecule has 0 saturated heterocycles. The van der Waals surface area contributed by atoms with Crippen molar-refractivity contribution < 1.29 is 19.4 Å². The van der Waals surface area contributed by atoms with Gasteiger partial charge in [0.05, 0.1) is 12.2 Å². The molecule has 4 rings (SSSR count). The molecule has 0 bridgehead atoms. The van der Waals surface area contributed by atoms with Crippen LogP contribution in [-0.2, 0) is 17.6 Å². The van der Waals surface area contributed by atoms with E-state index in [1.807, 2.05) is 37.5 Å². The molecule has 8 heteroatoms. The number of nitrogens with one attached hydrogen (secondary N) is 1. The van der Waals surface area contributed by atoms with Crippen molar-refractivity contribution in [1.82, 2.24) is 4.57 Å². The van der Waals surface area contributed by atoms with E-state index in [1.165, 1.54) is 11.3 Å².